The highest BCUT2D eigenvalue weighted by molar-refractivity contribution is 7.92. The average molecular weight is 379 g/mol. The van der Waals surface area contributed by atoms with E-state index in [2.05, 4.69) is 4.72 Å². The normalized spacial score (nSPS) is 13.5. The Morgan fingerprint density at radius 1 is 1.35 bits per heavy atom. The highest BCUT2D eigenvalue weighted by atomic mass is 32.2. The monoisotopic (exact) mass is 379 g/mol. The summed E-state index contributed by atoms with van der Waals surface area (Å²) in [6.07, 6.45) is -0.347. The van der Waals surface area contributed by atoms with Gasteiger partial charge in [0.25, 0.3) is 10.0 Å². The van der Waals surface area contributed by atoms with E-state index in [9.17, 15) is 22.6 Å². The molecule has 3 rings (SSSR count). The number of nitrogens with two attached hydrogens (primary N) is 2. The first-order chi connectivity index (χ1) is 12.2. The lowest BCUT2D eigenvalue weighted by Gasteiger charge is -2.14. The lowest BCUT2D eigenvalue weighted by atomic mass is 9.79. The van der Waals surface area contributed by atoms with Crippen LogP contribution in [0.5, 0.6) is 0 Å². The molecule has 0 fully saturated rings. The molecule has 0 aromatic heterocycles. The standard InChI is InChI=1S/C15H15BFN3O5S/c17-12-4-9-7-25-16(22)11(9)6-13(12)20-26(23,24)14-2-1-10(18)3-8(14)5-15(19)21/h1-4,6,20,22H,5,7,18H2,(H2,19,21). The summed E-state index contributed by atoms with van der Waals surface area (Å²) in [5, 5.41) is 9.70. The van der Waals surface area contributed by atoms with Crippen molar-refractivity contribution in [3.63, 3.8) is 0 Å². The van der Waals surface area contributed by atoms with Gasteiger partial charge in [-0.2, -0.15) is 0 Å². The molecule has 0 saturated heterocycles. The fourth-order valence-electron chi connectivity index (χ4n) is 2.71. The number of nitrogen functional groups attached to an aromatic ring is 1. The third-order valence-electron chi connectivity index (χ3n) is 3.87. The van der Waals surface area contributed by atoms with Crippen molar-refractivity contribution in [2.45, 2.75) is 17.9 Å². The molecule has 0 bridgehead atoms. The first-order valence-electron chi connectivity index (χ1n) is 7.49. The van der Waals surface area contributed by atoms with E-state index in [1.165, 1.54) is 24.3 Å². The fraction of sp³-hybridized carbons (Fsp3) is 0.133. The van der Waals surface area contributed by atoms with E-state index in [1.54, 1.807) is 0 Å². The van der Waals surface area contributed by atoms with Crippen LogP contribution in [0.4, 0.5) is 15.8 Å². The summed E-state index contributed by atoms with van der Waals surface area (Å²) in [7, 11) is -5.49. The summed E-state index contributed by atoms with van der Waals surface area (Å²) in [5.74, 6) is -1.56. The molecule has 11 heteroatoms. The minimum absolute atomic E-state index is 0.0289. The average Bonchev–Trinajstić information content (AvgIpc) is 2.87. The second kappa shape index (κ2) is 6.59. The van der Waals surface area contributed by atoms with Gasteiger partial charge in [0.15, 0.2) is 0 Å². The third-order valence-corrected chi connectivity index (χ3v) is 5.34. The first kappa shape index (κ1) is 18.2. The quantitative estimate of drug-likeness (QED) is 0.405. The number of nitrogens with one attached hydrogen (secondary N) is 1. The molecule has 0 saturated carbocycles. The van der Waals surface area contributed by atoms with Gasteiger partial charge in [0, 0.05) is 5.69 Å². The van der Waals surface area contributed by atoms with Gasteiger partial charge in [-0.05, 0) is 46.9 Å². The summed E-state index contributed by atoms with van der Waals surface area (Å²) in [5.41, 5.74) is 11.5. The predicted molar refractivity (Wildman–Crippen MR) is 93.4 cm³/mol. The van der Waals surface area contributed by atoms with Crippen LogP contribution in [-0.4, -0.2) is 26.5 Å². The topological polar surface area (TPSA) is 145 Å². The van der Waals surface area contributed by atoms with Gasteiger partial charge in [-0.25, -0.2) is 12.8 Å². The van der Waals surface area contributed by atoms with Crippen molar-refractivity contribution >= 4 is 39.9 Å². The van der Waals surface area contributed by atoms with Crippen LogP contribution in [0.3, 0.4) is 0 Å². The number of fused-ring (bicyclic) bond motifs is 1. The van der Waals surface area contributed by atoms with Crippen LogP contribution in [0.2, 0.25) is 0 Å². The van der Waals surface area contributed by atoms with Crippen LogP contribution in [0.1, 0.15) is 11.1 Å². The molecule has 0 spiro atoms. The Hall–Kier alpha value is -2.63. The van der Waals surface area contributed by atoms with Crippen LogP contribution in [-0.2, 0) is 32.5 Å². The second-order valence-corrected chi connectivity index (χ2v) is 7.46. The zero-order valence-corrected chi connectivity index (χ0v) is 14.2. The van der Waals surface area contributed by atoms with Crippen LogP contribution in [0.25, 0.3) is 0 Å². The predicted octanol–water partition coefficient (Wildman–Crippen LogP) is -0.546. The number of hydrogen-bond acceptors (Lipinski definition) is 6. The number of hydrogen-bond donors (Lipinski definition) is 4. The van der Waals surface area contributed by atoms with Crippen LogP contribution in [0, 0.1) is 5.82 Å². The summed E-state index contributed by atoms with van der Waals surface area (Å²) in [6.45, 7) is 0.0289. The van der Waals surface area contributed by atoms with E-state index in [1.807, 2.05) is 0 Å². The van der Waals surface area contributed by atoms with Crippen molar-refractivity contribution in [2.24, 2.45) is 5.73 Å². The molecule has 2 aromatic rings. The highest BCUT2D eigenvalue weighted by Gasteiger charge is 2.30. The minimum Gasteiger partial charge on any atom is -0.423 e. The number of benzene rings is 2. The number of sulfonamides is 1. The van der Waals surface area contributed by atoms with Gasteiger partial charge in [0.1, 0.15) is 5.82 Å². The molecule has 6 N–H and O–H groups in total. The Labute approximate surface area is 149 Å². The SMILES string of the molecule is NC(=O)Cc1cc(N)ccc1S(=O)(=O)Nc1cc2c(cc1F)COB2O. The van der Waals surface area contributed by atoms with Crippen molar-refractivity contribution in [3.8, 4) is 0 Å². The lowest BCUT2D eigenvalue weighted by Crippen LogP contribution is -2.29. The van der Waals surface area contributed by atoms with Gasteiger partial charge in [-0.1, -0.05) is 0 Å². The van der Waals surface area contributed by atoms with Gasteiger partial charge in [0.05, 0.1) is 23.6 Å². The number of primary amides is 1. The Kier molecular flexibility index (Phi) is 4.61. The van der Waals surface area contributed by atoms with Crippen molar-refractivity contribution in [1.82, 2.24) is 0 Å². The number of carbonyl (C=O) groups excluding carboxylic acids is 1. The van der Waals surface area contributed by atoms with Gasteiger partial charge in [0.2, 0.25) is 5.91 Å². The zero-order chi connectivity index (χ0) is 19.1. The Balaban J connectivity index is 2.01. The highest BCUT2D eigenvalue weighted by Crippen LogP contribution is 2.25. The van der Waals surface area contributed by atoms with E-state index in [0.717, 1.165) is 6.07 Å². The van der Waals surface area contributed by atoms with E-state index < -0.39 is 28.9 Å². The maximum Gasteiger partial charge on any atom is 0.491 e. The zero-order valence-electron chi connectivity index (χ0n) is 13.4. The molecule has 1 aliphatic heterocycles. The number of amides is 1. The van der Waals surface area contributed by atoms with E-state index >= 15 is 0 Å². The molecular formula is C15H15BFN3O5S. The molecule has 26 heavy (non-hydrogen) atoms. The largest absolute Gasteiger partial charge is 0.491 e. The number of anilines is 2. The van der Waals surface area contributed by atoms with E-state index in [-0.39, 0.29) is 40.3 Å². The second-order valence-electron chi connectivity index (χ2n) is 5.81. The van der Waals surface area contributed by atoms with Gasteiger partial charge >= 0.3 is 7.12 Å². The lowest BCUT2D eigenvalue weighted by molar-refractivity contribution is -0.117. The van der Waals surface area contributed by atoms with Gasteiger partial charge in [-0.3, -0.25) is 9.52 Å². The Morgan fingerprint density at radius 2 is 2.08 bits per heavy atom. The van der Waals surface area contributed by atoms with Crippen molar-refractivity contribution in [1.29, 1.82) is 0 Å². The maximum atomic E-state index is 14.2. The molecule has 0 aliphatic carbocycles. The smallest absolute Gasteiger partial charge is 0.423 e. The van der Waals surface area contributed by atoms with Gasteiger partial charge in [-0.15, -0.1) is 0 Å². The molecule has 0 radical (unpaired) electrons. The van der Waals surface area contributed by atoms with Crippen LogP contribution >= 0.6 is 0 Å². The number of rotatable bonds is 5. The van der Waals surface area contributed by atoms with Crippen LogP contribution < -0.4 is 21.7 Å². The first-order valence-corrected chi connectivity index (χ1v) is 8.97. The molecule has 0 atom stereocenters. The summed E-state index contributed by atoms with van der Waals surface area (Å²) in [6, 6.07) is 6.13. The summed E-state index contributed by atoms with van der Waals surface area (Å²) in [4.78, 5) is 11.0. The molecular weight excluding hydrogens is 364 g/mol. The van der Waals surface area contributed by atoms with Crippen molar-refractivity contribution < 1.29 is 27.3 Å². The third kappa shape index (κ3) is 3.50. The van der Waals surface area contributed by atoms with Gasteiger partial charge < -0.3 is 21.1 Å². The number of carbonyl (C=O) groups is 1. The molecule has 1 heterocycles. The summed E-state index contributed by atoms with van der Waals surface area (Å²) >= 11 is 0. The molecule has 1 amide bonds. The van der Waals surface area contributed by atoms with E-state index in [4.69, 9.17) is 16.1 Å². The molecule has 1 aliphatic rings. The summed E-state index contributed by atoms with van der Waals surface area (Å²) < 4.78 is 46.7. The van der Waals surface area contributed by atoms with Crippen molar-refractivity contribution in [3.05, 3.63) is 47.3 Å². The Morgan fingerprint density at radius 3 is 2.77 bits per heavy atom. The van der Waals surface area contributed by atoms with Crippen LogP contribution in [0.15, 0.2) is 35.2 Å². The molecule has 0 unspecified atom stereocenters. The molecule has 8 nitrogen and oxygen atoms in total. The number of halogens is 1. The molecule has 2 aromatic carbocycles. The van der Waals surface area contributed by atoms with E-state index in [0.29, 0.717) is 5.56 Å². The maximum absolute atomic E-state index is 14.2. The van der Waals surface area contributed by atoms with Crippen molar-refractivity contribution in [2.75, 3.05) is 10.5 Å². The Bertz CT molecular complexity index is 999. The molecule has 136 valence electrons. The fourth-order valence-corrected chi connectivity index (χ4v) is 3.99. The minimum atomic E-state index is -4.24.